The van der Waals surface area contributed by atoms with E-state index in [1.807, 2.05) is 28.2 Å². The van der Waals surface area contributed by atoms with Gasteiger partial charge in [0.15, 0.2) is 0 Å². The van der Waals surface area contributed by atoms with Crippen molar-refractivity contribution in [1.29, 1.82) is 0 Å². The van der Waals surface area contributed by atoms with Crippen LogP contribution in [-0.4, -0.2) is 58.3 Å². The molecule has 1 aliphatic heterocycles. The topological polar surface area (TPSA) is 27.5 Å². The van der Waals surface area contributed by atoms with Crippen LogP contribution in [0.3, 0.4) is 0 Å². The number of aromatic nitrogens is 2. The first-order chi connectivity index (χ1) is 16.0. The van der Waals surface area contributed by atoms with Crippen LogP contribution in [0.25, 0.3) is 5.69 Å². The molecule has 1 atom stereocenters. The highest BCUT2D eigenvalue weighted by Crippen LogP contribution is 2.31. The summed E-state index contributed by atoms with van der Waals surface area (Å²) < 4.78 is 15.7. The van der Waals surface area contributed by atoms with E-state index in [9.17, 15) is 4.39 Å². The van der Waals surface area contributed by atoms with Gasteiger partial charge in [-0.2, -0.15) is 5.10 Å². The van der Waals surface area contributed by atoms with E-state index in [-0.39, 0.29) is 5.82 Å². The standard InChI is InChI=1S/C26H36FN5S/c1-5-20(3)31(18-24-8-7-17-33-24)19-25-21(4)28-32(23-11-9-22(27)10-12-23)26(25)30-15-13-29(6-2)14-16-30/h7-12,17,20H,5-6,13-16,18-19H2,1-4H3. The summed E-state index contributed by atoms with van der Waals surface area (Å²) in [7, 11) is 0. The van der Waals surface area contributed by atoms with E-state index in [1.165, 1.54) is 22.6 Å². The molecule has 5 nitrogen and oxygen atoms in total. The van der Waals surface area contributed by atoms with Gasteiger partial charge in [0.1, 0.15) is 11.6 Å². The SMILES string of the molecule is CCC(C)N(Cc1cccs1)Cc1c(C)nn(-c2ccc(F)cc2)c1N1CCN(CC)CC1. The Morgan fingerprint density at radius 2 is 1.79 bits per heavy atom. The Bertz CT molecular complexity index is 1010. The van der Waals surface area contributed by atoms with E-state index < -0.39 is 0 Å². The van der Waals surface area contributed by atoms with Crippen LogP contribution >= 0.6 is 11.3 Å². The number of piperazine rings is 1. The molecule has 0 radical (unpaired) electrons. The fraction of sp³-hybridized carbons (Fsp3) is 0.500. The van der Waals surface area contributed by atoms with Crippen LogP contribution in [0, 0.1) is 12.7 Å². The Hall–Kier alpha value is -2.22. The fourth-order valence-electron chi connectivity index (χ4n) is 4.53. The summed E-state index contributed by atoms with van der Waals surface area (Å²) in [6.45, 7) is 15.8. The summed E-state index contributed by atoms with van der Waals surface area (Å²) in [5.74, 6) is 0.939. The molecule has 3 aromatic rings. The molecule has 1 fully saturated rings. The Morgan fingerprint density at radius 3 is 2.39 bits per heavy atom. The third-order valence-corrected chi connectivity index (χ3v) is 7.72. The maximum Gasteiger partial charge on any atom is 0.137 e. The minimum atomic E-state index is -0.222. The highest BCUT2D eigenvalue weighted by Gasteiger charge is 2.27. The molecule has 4 rings (SSSR count). The van der Waals surface area contributed by atoms with Gasteiger partial charge < -0.3 is 9.80 Å². The smallest absolute Gasteiger partial charge is 0.137 e. The number of rotatable bonds is 9. The number of aryl methyl sites for hydroxylation is 1. The van der Waals surface area contributed by atoms with Gasteiger partial charge in [-0.25, -0.2) is 9.07 Å². The van der Waals surface area contributed by atoms with Gasteiger partial charge in [-0.05, 0) is 62.5 Å². The van der Waals surface area contributed by atoms with E-state index >= 15 is 0 Å². The van der Waals surface area contributed by atoms with Crippen LogP contribution < -0.4 is 4.90 Å². The lowest BCUT2D eigenvalue weighted by molar-refractivity contribution is 0.187. The van der Waals surface area contributed by atoms with Crippen molar-refractivity contribution in [1.82, 2.24) is 19.6 Å². The first kappa shape index (κ1) is 23.9. The lowest BCUT2D eigenvalue weighted by atomic mass is 10.1. The van der Waals surface area contributed by atoms with Crippen LogP contribution in [-0.2, 0) is 13.1 Å². The van der Waals surface area contributed by atoms with Gasteiger partial charge in [0.2, 0.25) is 0 Å². The molecule has 0 amide bonds. The van der Waals surface area contributed by atoms with E-state index in [0.717, 1.165) is 69.4 Å². The average Bonchev–Trinajstić information content (AvgIpc) is 3.46. The zero-order valence-corrected chi connectivity index (χ0v) is 21.1. The Labute approximate surface area is 201 Å². The number of anilines is 1. The van der Waals surface area contributed by atoms with Crippen LogP contribution in [0.5, 0.6) is 0 Å². The summed E-state index contributed by atoms with van der Waals surface area (Å²) >= 11 is 1.82. The van der Waals surface area contributed by atoms with Crippen molar-refractivity contribution < 1.29 is 4.39 Å². The first-order valence-corrected chi connectivity index (χ1v) is 13.0. The predicted molar refractivity (Wildman–Crippen MR) is 136 cm³/mol. The number of likely N-dealkylation sites (N-methyl/N-ethyl adjacent to an activating group) is 1. The van der Waals surface area contributed by atoms with Gasteiger partial charge in [-0.3, -0.25) is 4.90 Å². The van der Waals surface area contributed by atoms with Crippen molar-refractivity contribution in [3.63, 3.8) is 0 Å². The minimum Gasteiger partial charge on any atom is -0.354 e. The Morgan fingerprint density at radius 1 is 1.06 bits per heavy atom. The molecule has 1 unspecified atom stereocenters. The largest absolute Gasteiger partial charge is 0.354 e. The molecule has 0 N–H and O–H groups in total. The predicted octanol–water partition coefficient (Wildman–Crippen LogP) is 5.32. The molecule has 1 aromatic carbocycles. The highest BCUT2D eigenvalue weighted by atomic mass is 32.1. The maximum absolute atomic E-state index is 13.7. The number of benzene rings is 1. The minimum absolute atomic E-state index is 0.222. The van der Waals surface area contributed by atoms with E-state index in [1.54, 1.807) is 0 Å². The van der Waals surface area contributed by atoms with Crippen molar-refractivity contribution in [2.75, 3.05) is 37.6 Å². The van der Waals surface area contributed by atoms with Crippen LogP contribution in [0.2, 0.25) is 0 Å². The molecule has 0 bridgehead atoms. The van der Waals surface area contributed by atoms with Crippen molar-refractivity contribution in [3.8, 4) is 5.69 Å². The quantitative estimate of drug-likeness (QED) is 0.424. The number of hydrogen-bond acceptors (Lipinski definition) is 5. The second kappa shape index (κ2) is 10.8. The van der Waals surface area contributed by atoms with E-state index in [2.05, 4.69) is 59.9 Å². The Balaban J connectivity index is 1.72. The molecule has 7 heteroatoms. The fourth-order valence-corrected chi connectivity index (χ4v) is 5.26. The van der Waals surface area contributed by atoms with Gasteiger partial charge in [0.05, 0.1) is 11.4 Å². The van der Waals surface area contributed by atoms with Gasteiger partial charge in [-0.1, -0.05) is 19.9 Å². The van der Waals surface area contributed by atoms with Crippen molar-refractivity contribution in [2.24, 2.45) is 0 Å². The van der Waals surface area contributed by atoms with Crippen molar-refractivity contribution in [3.05, 3.63) is 63.7 Å². The maximum atomic E-state index is 13.7. The third kappa shape index (κ3) is 5.48. The zero-order valence-electron chi connectivity index (χ0n) is 20.3. The zero-order chi connectivity index (χ0) is 23.4. The molecule has 1 saturated heterocycles. The first-order valence-electron chi connectivity index (χ1n) is 12.1. The highest BCUT2D eigenvalue weighted by molar-refractivity contribution is 7.09. The summed E-state index contributed by atoms with van der Waals surface area (Å²) in [6.07, 6.45) is 1.10. The van der Waals surface area contributed by atoms with Crippen LogP contribution in [0.15, 0.2) is 41.8 Å². The molecular weight excluding hydrogens is 433 g/mol. The number of nitrogens with zero attached hydrogens (tertiary/aromatic N) is 5. The third-order valence-electron chi connectivity index (χ3n) is 6.86. The molecule has 178 valence electrons. The normalized spacial score (nSPS) is 16.0. The lowest BCUT2D eigenvalue weighted by Crippen LogP contribution is -2.47. The monoisotopic (exact) mass is 469 g/mol. The summed E-state index contributed by atoms with van der Waals surface area (Å²) in [4.78, 5) is 8.92. The molecule has 33 heavy (non-hydrogen) atoms. The number of thiophene rings is 1. The molecule has 3 heterocycles. The molecule has 0 saturated carbocycles. The van der Waals surface area contributed by atoms with Gasteiger partial charge in [0.25, 0.3) is 0 Å². The summed E-state index contributed by atoms with van der Waals surface area (Å²) in [5, 5.41) is 7.13. The Kier molecular flexibility index (Phi) is 7.83. The van der Waals surface area contributed by atoms with E-state index in [0.29, 0.717) is 6.04 Å². The molecule has 1 aliphatic rings. The van der Waals surface area contributed by atoms with Gasteiger partial charge in [0, 0.05) is 55.8 Å². The average molecular weight is 470 g/mol. The molecule has 2 aromatic heterocycles. The lowest BCUT2D eigenvalue weighted by Gasteiger charge is -2.37. The van der Waals surface area contributed by atoms with Gasteiger partial charge >= 0.3 is 0 Å². The van der Waals surface area contributed by atoms with E-state index in [4.69, 9.17) is 5.10 Å². The number of hydrogen-bond donors (Lipinski definition) is 0. The summed E-state index contributed by atoms with van der Waals surface area (Å²) in [6, 6.07) is 11.5. The molecule has 0 spiro atoms. The van der Waals surface area contributed by atoms with Crippen LogP contribution in [0.1, 0.15) is 43.3 Å². The van der Waals surface area contributed by atoms with Crippen molar-refractivity contribution in [2.45, 2.75) is 53.2 Å². The second-order valence-corrected chi connectivity index (χ2v) is 9.97. The van der Waals surface area contributed by atoms with Crippen molar-refractivity contribution >= 4 is 17.2 Å². The molecule has 0 aliphatic carbocycles. The van der Waals surface area contributed by atoms with Crippen LogP contribution in [0.4, 0.5) is 10.2 Å². The number of halogens is 1. The molecular formula is C26H36FN5S. The summed E-state index contributed by atoms with van der Waals surface area (Å²) in [5.41, 5.74) is 3.24. The van der Waals surface area contributed by atoms with Gasteiger partial charge in [-0.15, -0.1) is 11.3 Å². The second-order valence-electron chi connectivity index (χ2n) is 8.94.